The van der Waals surface area contributed by atoms with E-state index in [0.29, 0.717) is 12.2 Å². The van der Waals surface area contributed by atoms with Gasteiger partial charge < -0.3 is 10.5 Å². The smallest absolute Gasteiger partial charge is 0.0989 e. The van der Waals surface area contributed by atoms with Crippen LogP contribution in [0.2, 0.25) is 0 Å². The van der Waals surface area contributed by atoms with Crippen molar-refractivity contribution in [3.8, 4) is 0 Å². The molecule has 2 N–H and O–H groups in total. The molecule has 1 saturated heterocycles. The summed E-state index contributed by atoms with van der Waals surface area (Å²) in [5.74, 6) is 0. The fraction of sp³-hybridized carbons (Fsp3) is 1.00. The molecule has 0 spiro atoms. The lowest BCUT2D eigenvalue weighted by Gasteiger charge is -2.06. The lowest BCUT2D eigenvalue weighted by Crippen LogP contribution is -2.27. The van der Waals surface area contributed by atoms with E-state index in [1.165, 1.54) is 19.3 Å². The van der Waals surface area contributed by atoms with Crippen molar-refractivity contribution >= 4 is 0 Å². The minimum atomic E-state index is 0.288. The van der Waals surface area contributed by atoms with Gasteiger partial charge in [-0.05, 0) is 13.3 Å². The Bertz CT molecular complexity index is 116. The van der Waals surface area contributed by atoms with Gasteiger partial charge in [0.15, 0.2) is 0 Å². The summed E-state index contributed by atoms with van der Waals surface area (Å²) in [4.78, 5) is 0. The number of unbranched alkanes of at least 4 members (excludes halogenated alkanes) is 2. The lowest BCUT2D eigenvalue weighted by molar-refractivity contribution is 0.343. The van der Waals surface area contributed by atoms with Crippen molar-refractivity contribution in [3.63, 3.8) is 0 Å². The monoisotopic (exact) mass is 157 g/mol. The van der Waals surface area contributed by atoms with E-state index in [4.69, 9.17) is 10.5 Å². The molecular formula is C9H19NO. The van der Waals surface area contributed by atoms with Crippen molar-refractivity contribution in [1.29, 1.82) is 0 Å². The Hall–Kier alpha value is -0.0800. The number of epoxide rings is 1. The van der Waals surface area contributed by atoms with Gasteiger partial charge in [-0.3, -0.25) is 0 Å². The van der Waals surface area contributed by atoms with Gasteiger partial charge in [-0.1, -0.05) is 26.2 Å². The molecule has 2 nitrogen and oxygen atoms in total. The van der Waals surface area contributed by atoms with Crippen molar-refractivity contribution in [2.24, 2.45) is 5.73 Å². The van der Waals surface area contributed by atoms with Gasteiger partial charge in [-0.15, -0.1) is 0 Å². The van der Waals surface area contributed by atoms with Crippen molar-refractivity contribution < 1.29 is 4.74 Å². The van der Waals surface area contributed by atoms with Gasteiger partial charge in [-0.2, -0.15) is 0 Å². The van der Waals surface area contributed by atoms with Crippen LogP contribution in [-0.4, -0.2) is 18.2 Å². The maximum Gasteiger partial charge on any atom is 0.0989 e. The summed E-state index contributed by atoms with van der Waals surface area (Å²) in [6.07, 6.45) is 5.74. The third-order valence-corrected chi connectivity index (χ3v) is 2.32. The highest BCUT2D eigenvalue weighted by molar-refractivity contribution is 4.89. The zero-order chi connectivity index (χ0) is 8.27. The standard InChI is InChI=1S/C9H19NO/c1-3-4-5-6-8(10)9-7(2)11-9/h7-9H,3-6,10H2,1-2H3. The topological polar surface area (TPSA) is 38.5 Å². The van der Waals surface area contributed by atoms with Crippen molar-refractivity contribution in [2.45, 2.75) is 57.8 Å². The molecule has 1 aliphatic heterocycles. The number of hydrogen-bond acceptors (Lipinski definition) is 2. The van der Waals surface area contributed by atoms with E-state index >= 15 is 0 Å². The van der Waals surface area contributed by atoms with Gasteiger partial charge in [0.2, 0.25) is 0 Å². The highest BCUT2D eigenvalue weighted by Gasteiger charge is 2.38. The van der Waals surface area contributed by atoms with Crippen LogP contribution >= 0.6 is 0 Å². The molecule has 1 fully saturated rings. The van der Waals surface area contributed by atoms with Crippen LogP contribution in [0.5, 0.6) is 0 Å². The first-order valence-electron chi connectivity index (χ1n) is 4.66. The maximum atomic E-state index is 5.89. The summed E-state index contributed by atoms with van der Waals surface area (Å²) < 4.78 is 5.28. The molecule has 66 valence electrons. The minimum Gasteiger partial charge on any atom is -0.368 e. The summed E-state index contributed by atoms with van der Waals surface area (Å²) in [5.41, 5.74) is 5.89. The second kappa shape index (κ2) is 4.07. The van der Waals surface area contributed by atoms with Gasteiger partial charge in [0.25, 0.3) is 0 Å². The summed E-state index contributed by atoms with van der Waals surface area (Å²) in [6, 6.07) is 0.288. The lowest BCUT2D eigenvalue weighted by atomic mass is 10.1. The molecule has 3 atom stereocenters. The quantitative estimate of drug-likeness (QED) is 0.487. The van der Waals surface area contributed by atoms with E-state index in [1.54, 1.807) is 0 Å². The van der Waals surface area contributed by atoms with Crippen LogP contribution in [0.3, 0.4) is 0 Å². The number of hydrogen-bond donors (Lipinski definition) is 1. The molecule has 1 aliphatic rings. The molecule has 0 bridgehead atoms. The second-order valence-corrected chi connectivity index (χ2v) is 3.47. The molecule has 0 radical (unpaired) electrons. The number of rotatable bonds is 5. The Labute approximate surface area is 69.1 Å². The van der Waals surface area contributed by atoms with Crippen LogP contribution in [0.25, 0.3) is 0 Å². The van der Waals surface area contributed by atoms with Gasteiger partial charge >= 0.3 is 0 Å². The highest BCUT2D eigenvalue weighted by atomic mass is 16.6. The average molecular weight is 157 g/mol. The third kappa shape index (κ3) is 2.80. The van der Waals surface area contributed by atoms with Crippen LogP contribution in [-0.2, 0) is 4.74 Å². The SMILES string of the molecule is CCCCCC(N)C1OC1C. The molecule has 2 heteroatoms. The average Bonchev–Trinajstić information content (AvgIpc) is 2.67. The van der Waals surface area contributed by atoms with E-state index in [1.807, 2.05) is 0 Å². The minimum absolute atomic E-state index is 0.288. The van der Waals surface area contributed by atoms with Crippen molar-refractivity contribution in [3.05, 3.63) is 0 Å². The van der Waals surface area contributed by atoms with Gasteiger partial charge in [-0.25, -0.2) is 0 Å². The van der Waals surface area contributed by atoms with Crippen LogP contribution < -0.4 is 5.73 Å². The molecule has 0 aromatic heterocycles. The Morgan fingerprint density at radius 3 is 2.55 bits per heavy atom. The first-order valence-corrected chi connectivity index (χ1v) is 4.66. The van der Waals surface area contributed by atoms with Crippen molar-refractivity contribution in [1.82, 2.24) is 0 Å². The zero-order valence-electron chi connectivity index (χ0n) is 7.55. The Morgan fingerprint density at radius 2 is 2.09 bits per heavy atom. The molecule has 0 amide bonds. The Balaban J connectivity index is 1.98. The van der Waals surface area contributed by atoms with Crippen molar-refractivity contribution in [2.75, 3.05) is 0 Å². The van der Waals surface area contributed by atoms with E-state index in [2.05, 4.69) is 13.8 Å². The molecule has 0 aromatic rings. The number of nitrogens with two attached hydrogens (primary N) is 1. The maximum absolute atomic E-state index is 5.89. The molecule has 0 saturated carbocycles. The molecule has 0 aliphatic carbocycles. The van der Waals surface area contributed by atoms with Gasteiger partial charge in [0, 0.05) is 6.04 Å². The largest absolute Gasteiger partial charge is 0.368 e. The third-order valence-electron chi connectivity index (χ3n) is 2.32. The summed E-state index contributed by atoms with van der Waals surface area (Å²) in [7, 11) is 0. The van der Waals surface area contributed by atoms with Crippen LogP contribution in [0.1, 0.15) is 39.5 Å². The van der Waals surface area contributed by atoms with E-state index in [0.717, 1.165) is 6.42 Å². The summed E-state index contributed by atoms with van der Waals surface area (Å²) in [5, 5.41) is 0. The van der Waals surface area contributed by atoms with Gasteiger partial charge in [0.1, 0.15) is 0 Å². The van der Waals surface area contributed by atoms with Gasteiger partial charge in [0.05, 0.1) is 12.2 Å². The van der Waals surface area contributed by atoms with Crippen LogP contribution in [0, 0.1) is 0 Å². The molecule has 0 aromatic carbocycles. The van der Waals surface area contributed by atoms with E-state index in [9.17, 15) is 0 Å². The number of ether oxygens (including phenoxy) is 1. The molecule has 1 rings (SSSR count). The predicted molar refractivity (Wildman–Crippen MR) is 46.5 cm³/mol. The Kier molecular flexibility index (Phi) is 3.34. The molecule has 11 heavy (non-hydrogen) atoms. The first-order chi connectivity index (χ1) is 5.25. The summed E-state index contributed by atoms with van der Waals surface area (Å²) in [6.45, 7) is 4.30. The normalized spacial score (nSPS) is 31.9. The second-order valence-electron chi connectivity index (χ2n) is 3.47. The predicted octanol–water partition coefficient (Wildman–Crippen LogP) is 1.68. The van der Waals surface area contributed by atoms with Crippen LogP contribution in [0.15, 0.2) is 0 Å². The van der Waals surface area contributed by atoms with E-state index < -0.39 is 0 Å². The zero-order valence-corrected chi connectivity index (χ0v) is 7.55. The fourth-order valence-electron chi connectivity index (χ4n) is 1.45. The van der Waals surface area contributed by atoms with E-state index in [-0.39, 0.29) is 6.04 Å². The highest BCUT2D eigenvalue weighted by Crippen LogP contribution is 2.25. The fourth-order valence-corrected chi connectivity index (χ4v) is 1.45. The molecular weight excluding hydrogens is 138 g/mol. The molecule has 3 unspecified atom stereocenters. The molecule has 1 heterocycles. The first kappa shape index (κ1) is 9.01. The Morgan fingerprint density at radius 1 is 1.45 bits per heavy atom. The van der Waals surface area contributed by atoms with Crippen LogP contribution in [0.4, 0.5) is 0 Å². The summed E-state index contributed by atoms with van der Waals surface area (Å²) >= 11 is 0.